The van der Waals surface area contributed by atoms with Gasteiger partial charge in [0.2, 0.25) is 0 Å². The molecule has 2 rings (SSSR count). The number of aromatic nitrogens is 1. The first kappa shape index (κ1) is 11.8. The number of halogens is 1. The van der Waals surface area contributed by atoms with Gasteiger partial charge in [0.05, 0.1) is 0 Å². The van der Waals surface area contributed by atoms with Crippen LogP contribution in [0, 0.1) is 6.92 Å². The van der Waals surface area contributed by atoms with Gasteiger partial charge in [0.25, 0.3) is 5.91 Å². The van der Waals surface area contributed by atoms with E-state index in [1.54, 1.807) is 18.3 Å². The molecule has 4 heteroatoms. The highest BCUT2D eigenvalue weighted by atomic mass is 79.9. The zero-order valence-corrected chi connectivity index (χ0v) is 10.9. The molecular weight excluding hydrogens is 280 g/mol. The number of carbonyl (C=O) groups excluding carboxylic acids is 1. The number of hydrogen-bond acceptors (Lipinski definition) is 2. The molecule has 1 N–H and O–H groups in total. The molecule has 0 saturated carbocycles. The summed E-state index contributed by atoms with van der Waals surface area (Å²) in [5, 5.41) is 2.76. The van der Waals surface area contributed by atoms with Gasteiger partial charge in [-0.25, -0.2) is 4.98 Å². The standard InChI is InChI=1S/C13H11BrN2O/c1-9-5-6-15-12(7-9)16-13(17)10-3-2-4-11(14)8-10/h2-8H,1H3,(H,15,16,17). The Bertz CT molecular complexity index is 555. The van der Waals surface area contributed by atoms with Gasteiger partial charge in [0.1, 0.15) is 5.82 Å². The third-order valence-electron chi connectivity index (χ3n) is 2.24. The second kappa shape index (κ2) is 5.10. The van der Waals surface area contributed by atoms with E-state index < -0.39 is 0 Å². The van der Waals surface area contributed by atoms with Crippen LogP contribution in [-0.2, 0) is 0 Å². The molecular formula is C13H11BrN2O. The normalized spacial score (nSPS) is 10.0. The third kappa shape index (κ3) is 3.14. The number of amides is 1. The summed E-state index contributed by atoms with van der Waals surface area (Å²) in [4.78, 5) is 16.0. The SMILES string of the molecule is Cc1ccnc(NC(=O)c2cccc(Br)c2)c1. The van der Waals surface area contributed by atoms with Crippen LogP contribution in [0.3, 0.4) is 0 Å². The number of hydrogen-bond donors (Lipinski definition) is 1. The van der Waals surface area contributed by atoms with E-state index >= 15 is 0 Å². The number of nitrogens with zero attached hydrogens (tertiary/aromatic N) is 1. The Morgan fingerprint density at radius 2 is 2.12 bits per heavy atom. The van der Waals surface area contributed by atoms with Crippen LogP contribution < -0.4 is 5.32 Å². The number of benzene rings is 1. The minimum Gasteiger partial charge on any atom is -0.307 e. The van der Waals surface area contributed by atoms with E-state index in [2.05, 4.69) is 26.2 Å². The molecule has 0 spiro atoms. The molecule has 0 fully saturated rings. The maximum absolute atomic E-state index is 11.9. The van der Waals surface area contributed by atoms with Crippen molar-refractivity contribution in [2.24, 2.45) is 0 Å². The zero-order chi connectivity index (χ0) is 12.3. The quantitative estimate of drug-likeness (QED) is 0.921. The summed E-state index contributed by atoms with van der Waals surface area (Å²) in [6.45, 7) is 1.95. The lowest BCUT2D eigenvalue weighted by molar-refractivity contribution is 0.102. The first-order valence-corrected chi connectivity index (χ1v) is 5.94. The lowest BCUT2D eigenvalue weighted by Gasteiger charge is -2.05. The number of anilines is 1. The average Bonchev–Trinajstić information content (AvgIpc) is 2.29. The number of rotatable bonds is 2. The van der Waals surface area contributed by atoms with Crippen molar-refractivity contribution in [2.45, 2.75) is 6.92 Å². The number of aryl methyl sites for hydroxylation is 1. The van der Waals surface area contributed by atoms with Gasteiger partial charge in [-0.2, -0.15) is 0 Å². The Hall–Kier alpha value is -1.68. The molecule has 1 amide bonds. The Labute approximate surface area is 108 Å². The number of carbonyl (C=O) groups is 1. The monoisotopic (exact) mass is 290 g/mol. The van der Waals surface area contributed by atoms with E-state index in [1.807, 2.05) is 31.2 Å². The molecule has 3 nitrogen and oxygen atoms in total. The second-order valence-electron chi connectivity index (χ2n) is 3.68. The fraction of sp³-hybridized carbons (Fsp3) is 0.0769. The van der Waals surface area contributed by atoms with Gasteiger partial charge < -0.3 is 5.32 Å². The lowest BCUT2D eigenvalue weighted by atomic mass is 10.2. The summed E-state index contributed by atoms with van der Waals surface area (Å²) in [5.74, 6) is 0.402. The van der Waals surface area contributed by atoms with Gasteiger partial charge in [-0.05, 0) is 42.8 Å². The van der Waals surface area contributed by atoms with Gasteiger partial charge in [0.15, 0.2) is 0 Å². The smallest absolute Gasteiger partial charge is 0.256 e. The maximum atomic E-state index is 11.9. The third-order valence-corrected chi connectivity index (χ3v) is 2.74. The predicted molar refractivity (Wildman–Crippen MR) is 71.1 cm³/mol. The minimum absolute atomic E-state index is 0.163. The van der Waals surface area contributed by atoms with Gasteiger partial charge in [0, 0.05) is 16.2 Å². The lowest BCUT2D eigenvalue weighted by Crippen LogP contribution is -2.12. The molecule has 1 aromatic heterocycles. The minimum atomic E-state index is -0.163. The summed E-state index contributed by atoms with van der Waals surface area (Å²) in [7, 11) is 0. The number of pyridine rings is 1. The molecule has 0 atom stereocenters. The Kier molecular flexibility index (Phi) is 3.54. The molecule has 0 unspecified atom stereocenters. The average molecular weight is 291 g/mol. The highest BCUT2D eigenvalue weighted by Gasteiger charge is 2.06. The van der Waals surface area contributed by atoms with Crippen molar-refractivity contribution < 1.29 is 4.79 Å². The highest BCUT2D eigenvalue weighted by molar-refractivity contribution is 9.10. The Morgan fingerprint density at radius 1 is 1.29 bits per heavy atom. The molecule has 17 heavy (non-hydrogen) atoms. The van der Waals surface area contributed by atoms with Crippen molar-refractivity contribution in [3.8, 4) is 0 Å². The van der Waals surface area contributed by atoms with Gasteiger partial charge >= 0.3 is 0 Å². The van der Waals surface area contributed by atoms with Crippen LogP contribution in [0.4, 0.5) is 5.82 Å². The molecule has 0 aliphatic heterocycles. The zero-order valence-electron chi connectivity index (χ0n) is 9.27. The van der Waals surface area contributed by atoms with Crippen LogP contribution in [-0.4, -0.2) is 10.9 Å². The van der Waals surface area contributed by atoms with Crippen LogP contribution in [0.5, 0.6) is 0 Å². The van der Waals surface area contributed by atoms with Gasteiger partial charge in [-0.15, -0.1) is 0 Å². The van der Waals surface area contributed by atoms with E-state index in [9.17, 15) is 4.79 Å². The second-order valence-corrected chi connectivity index (χ2v) is 4.60. The number of nitrogens with one attached hydrogen (secondary N) is 1. The molecule has 1 heterocycles. The summed E-state index contributed by atoms with van der Waals surface area (Å²) < 4.78 is 0.877. The predicted octanol–water partition coefficient (Wildman–Crippen LogP) is 3.40. The van der Waals surface area contributed by atoms with E-state index in [-0.39, 0.29) is 5.91 Å². The maximum Gasteiger partial charge on any atom is 0.256 e. The molecule has 0 saturated heterocycles. The largest absolute Gasteiger partial charge is 0.307 e. The van der Waals surface area contributed by atoms with Crippen LogP contribution >= 0.6 is 15.9 Å². The van der Waals surface area contributed by atoms with Crippen LogP contribution in [0.1, 0.15) is 15.9 Å². The fourth-order valence-electron chi connectivity index (χ4n) is 1.42. The summed E-state index contributed by atoms with van der Waals surface area (Å²) >= 11 is 3.33. The molecule has 0 bridgehead atoms. The van der Waals surface area contributed by atoms with E-state index in [4.69, 9.17) is 0 Å². The van der Waals surface area contributed by atoms with E-state index in [0.29, 0.717) is 11.4 Å². The van der Waals surface area contributed by atoms with Crippen molar-refractivity contribution in [3.05, 3.63) is 58.2 Å². The summed E-state index contributed by atoms with van der Waals surface area (Å²) in [6.07, 6.45) is 1.67. The molecule has 2 aromatic rings. The Morgan fingerprint density at radius 3 is 2.82 bits per heavy atom. The van der Waals surface area contributed by atoms with Gasteiger partial charge in [-0.3, -0.25) is 4.79 Å². The molecule has 0 aliphatic carbocycles. The van der Waals surface area contributed by atoms with Crippen molar-refractivity contribution in [2.75, 3.05) is 5.32 Å². The van der Waals surface area contributed by atoms with E-state index in [1.165, 1.54) is 0 Å². The van der Waals surface area contributed by atoms with Gasteiger partial charge in [-0.1, -0.05) is 22.0 Å². The summed E-state index contributed by atoms with van der Waals surface area (Å²) in [6, 6.07) is 10.9. The fourth-order valence-corrected chi connectivity index (χ4v) is 1.82. The topological polar surface area (TPSA) is 42.0 Å². The van der Waals surface area contributed by atoms with Crippen LogP contribution in [0.25, 0.3) is 0 Å². The molecule has 1 aromatic carbocycles. The van der Waals surface area contributed by atoms with Crippen molar-refractivity contribution in [1.82, 2.24) is 4.98 Å². The van der Waals surface area contributed by atoms with Crippen molar-refractivity contribution in [1.29, 1.82) is 0 Å². The van der Waals surface area contributed by atoms with Crippen molar-refractivity contribution in [3.63, 3.8) is 0 Å². The molecule has 0 radical (unpaired) electrons. The first-order chi connectivity index (χ1) is 8.15. The molecule has 86 valence electrons. The first-order valence-electron chi connectivity index (χ1n) is 5.15. The van der Waals surface area contributed by atoms with E-state index in [0.717, 1.165) is 10.0 Å². The molecule has 0 aliphatic rings. The Balaban J connectivity index is 2.17. The highest BCUT2D eigenvalue weighted by Crippen LogP contribution is 2.13. The summed E-state index contributed by atoms with van der Waals surface area (Å²) in [5.41, 5.74) is 1.66. The van der Waals surface area contributed by atoms with Crippen molar-refractivity contribution >= 4 is 27.7 Å². The van der Waals surface area contributed by atoms with Crippen LogP contribution in [0.15, 0.2) is 47.1 Å². The van der Waals surface area contributed by atoms with Crippen LogP contribution in [0.2, 0.25) is 0 Å².